The molecule has 0 saturated carbocycles. The van der Waals surface area contributed by atoms with Gasteiger partial charge < -0.3 is 20.6 Å². The molecule has 0 radical (unpaired) electrons. The molecule has 7 atom stereocenters. The van der Waals surface area contributed by atoms with E-state index < -0.39 is 28.7 Å². The van der Waals surface area contributed by atoms with Gasteiger partial charge in [0.15, 0.2) is 0 Å². The number of aliphatic hydroxyl groups is 1. The third kappa shape index (κ3) is 4.19. The van der Waals surface area contributed by atoms with Crippen LogP contribution in [-0.2, 0) is 14.4 Å². The number of carbonyl (C=O) groups is 3. The molecule has 3 N–H and O–H groups in total. The van der Waals surface area contributed by atoms with Crippen LogP contribution in [-0.4, -0.2) is 61.2 Å². The normalized spacial score (nSPS) is 30.8. The van der Waals surface area contributed by atoms with Gasteiger partial charge in [0.1, 0.15) is 6.04 Å². The molecule has 5 rings (SSSR count). The number of carbonyl (C=O) groups excluding carboxylic acids is 3. The summed E-state index contributed by atoms with van der Waals surface area (Å²) in [7, 11) is 0. The van der Waals surface area contributed by atoms with Crippen LogP contribution in [0.25, 0.3) is 0 Å². The van der Waals surface area contributed by atoms with E-state index in [0.29, 0.717) is 18.5 Å². The highest BCUT2D eigenvalue weighted by atomic mass is 79.9. The van der Waals surface area contributed by atoms with Gasteiger partial charge in [-0.3, -0.25) is 14.4 Å². The molecule has 0 aliphatic carbocycles. The molecule has 1 spiro atoms. The van der Waals surface area contributed by atoms with Gasteiger partial charge in [0, 0.05) is 21.5 Å². The number of nitrogens with zero attached hydrogens (tertiary/aromatic N) is 1. The predicted octanol–water partition coefficient (Wildman–Crippen LogP) is 4.12. The molecule has 9 heteroatoms. The number of thioether (sulfide) groups is 1. The zero-order chi connectivity index (χ0) is 26.5. The second-order valence-electron chi connectivity index (χ2n) is 10.3. The lowest BCUT2D eigenvalue weighted by molar-refractivity contribution is -0.141. The Kier molecular flexibility index (Phi) is 7.15. The smallest absolute Gasteiger partial charge is 0.248 e. The van der Waals surface area contributed by atoms with Crippen molar-refractivity contribution in [3.8, 4) is 0 Å². The average molecular weight is 587 g/mol. The summed E-state index contributed by atoms with van der Waals surface area (Å²) in [6.07, 6.45) is 1.10. The van der Waals surface area contributed by atoms with Crippen molar-refractivity contribution in [3.63, 3.8) is 0 Å². The second-order valence-corrected chi connectivity index (χ2v) is 13.0. The minimum absolute atomic E-state index is 0.0160. The Bertz CT molecular complexity index is 1200. The molecule has 3 aliphatic rings. The van der Waals surface area contributed by atoms with Crippen molar-refractivity contribution in [3.05, 3.63) is 59.7 Å². The van der Waals surface area contributed by atoms with Crippen molar-refractivity contribution < 1.29 is 19.5 Å². The molecular weight excluding hydrogens is 554 g/mol. The second kappa shape index (κ2) is 10.1. The summed E-state index contributed by atoms with van der Waals surface area (Å²) in [5.41, 5.74) is 3.29. The summed E-state index contributed by atoms with van der Waals surface area (Å²) in [5, 5.41) is 16.2. The number of likely N-dealkylation sites (tertiary alicyclic amines) is 1. The van der Waals surface area contributed by atoms with Gasteiger partial charge in [-0.25, -0.2) is 0 Å². The first-order valence-electron chi connectivity index (χ1n) is 12.7. The van der Waals surface area contributed by atoms with Crippen LogP contribution in [0.5, 0.6) is 0 Å². The van der Waals surface area contributed by atoms with Gasteiger partial charge in [-0.1, -0.05) is 59.3 Å². The van der Waals surface area contributed by atoms with Crippen LogP contribution in [0.1, 0.15) is 30.9 Å². The van der Waals surface area contributed by atoms with E-state index in [9.17, 15) is 19.5 Å². The Morgan fingerprint density at radius 1 is 1.11 bits per heavy atom. The van der Waals surface area contributed by atoms with Gasteiger partial charge in [-0.2, -0.15) is 0 Å². The average Bonchev–Trinajstić information content (AvgIpc) is 3.47. The lowest BCUT2D eigenvalue weighted by atomic mass is 9.70. The number of amides is 3. The maximum atomic E-state index is 14.1. The third-order valence-electron chi connectivity index (χ3n) is 8.12. The SMILES string of the molecule is CC[C@@H](CO)N1C(=O)[C@@H]2[C@@H](C(=O)Nc3ccccc3)[C@@H]3SC2(CC3Br)C1C(=O)Nc1c(C)cccc1C. The van der Waals surface area contributed by atoms with E-state index in [2.05, 4.69) is 26.6 Å². The number of benzene rings is 2. The van der Waals surface area contributed by atoms with Crippen LogP contribution in [0.3, 0.4) is 0 Å². The van der Waals surface area contributed by atoms with Crippen molar-refractivity contribution in [2.75, 3.05) is 17.2 Å². The maximum Gasteiger partial charge on any atom is 0.248 e. The first kappa shape index (κ1) is 26.3. The van der Waals surface area contributed by atoms with E-state index in [1.54, 1.807) is 16.7 Å². The van der Waals surface area contributed by atoms with Gasteiger partial charge in [0.25, 0.3) is 0 Å². The first-order valence-corrected chi connectivity index (χ1v) is 14.5. The molecule has 3 aliphatic heterocycles. The van der Waals surface area contributed by atoms with Crippen LogP contribution in [0.4, 0.5) is 11.4 Å². The molecule has 0 aromatic heterocycles. The number of alkyl halides is 1. The fourth-order valence-electron chi connectivity index (χ4n) is 6.42. The molecule has 2 aromatic carbocycles. The van der Waals surface area contributed by atoms with Gasteiger partial charge in [0.2, 0.25) is 17.7 Å². The highest BCUT2D eigenvalue weighted by Crippen LogP contribution is 2.68. The van der Waals surface area contributed by atoms with Crippen molar-refractivity contribution in [1.82, 2.24) is 4.90 Å². The van der Waals surface area contributed by atoms with Crippen LogP contribution in [0, 0.1) is 25.7 Å². The topological polar surface area (TPSA) is 98.7 Å². The summed E-state index contributed by atoms with van der Waals surface area (Å²) in [6, 6.07) is 13.7. The van der Waals surface area contributed by atoms with Gasteiger partial charge >= 0.3 is 0 Å². The molecule has 3 heterocycles. The molecule has 2 aromatic rings. The van der Waals surface area contributed by atoms with E-state index in [0.717, 1.165) is 16.8 Å². The standard InChI is InChI=1S/C28H32BrN3O4S/c1-4-18(14-33)32-24(26(35)31-22-15(2)9-8-10-16(22)3)28-13-19(29)23(37-28)20(21(28)27(32)36)25(34)30-17-11-6-5-7-12-17/h5-12,18-21,23-24,33H,4,13-14H2,1-3H3,(H,30,34)(H,31,35)/t18-,19?,20+,21-,23+,24?,28?/m0/s1. The van der Waals surface area contributed by atoms with Crippen LogP contribution >= 0.6 is 27.7 Å². The quantitative estimate of drug-likeness (QED) is 0.425. The Hall–Kier alpha value is -2.36. The summed E-state index contributed by atoms with van der Waals surface area (Å²) in [4.78, 5) is 43.4. The number of halogens is 1. The minimum Gasteiger partial charge on any atom is -0.394 e. The number of anilines is 2. The number of para-hydroxylation sites is 2. The van der Waals surface area contributed by atoms with E-state index in [1.165, 1.54) is 0 Å². The van der Waals surface area contributed by atoms with Gasteiger partial charge in [-0.05, 0) is 49.9 Å². The van der Waals surface area contributed by atoms with Crippen molar-refractivity contribution in [1.29, 1.82) is 0 Å². The first-order chi connectivity index (χ1) is 17.7. The molecule has 196 valence electrons. The molecule has 7 nitrogen and oxygen atoms in total. The lowest BCUT2D eigenvalue weighted by Gasteiger charge is -2.37. The molecule has 2 bridgehead atoms. The van der Waals surface area contributed by atoms with Crippen LogP contribution in [0.2, 0.25) is 0 Å². The maximum absolute atomic E-state index is 14.1. The largest absolute Gasteiger partial charge is 0.394 e. The monoisotopic (exact) mass is 585 g/mol. The number of rotatable bonds is 7. The number of fused-ring (bicyclic) bond motifs is 1. The molecule has 37 heavy (non-hydrogen) atoms. The molecule has 3 fully saturated rings. The van der Waals surface area contributed by atoms with Crippen molar-refractivity contribution in [2.24, 2.45) is 11.8 Å². The zero-order valence-electron chi connectivity index (χ0n) is 21.1. The summed E-state index contributed by atoms with van der Waals surface area (Å²) in [5.74, 6) is -1.93. The number of nitrogens with one attached hydrogen (secondary N) is 2. The van der Waals surface area contributed by atoms with E-state index in [-0.39, 0.29) is 34.4 Å². The molecular formula is C28H32BrN3O4S. The Balaban J connectivity index is 1.55. The van der Waals surface area contributed by atoms with E-state index in [1.807, 2.05) is 69.3 Å². The summed E-state index contributed by atoms with van der Waals surface area (Å²) < 4.78 is -0.766. The fraction of sp³-hybridized carbons (Fsp3) is 0.464. The number of hydrogen-bond donors (Lipinski definition) is 3. The van der Waals surface area contributed by atoms with Crippen LogP contribution < -0.4 is 10.6 Å². The lowest BCUT2D eigenvalue weighted by Crippen LogP contribution is -2.55. The Labute approximate surface area is 229 Å². The summed E-state index contributed by atoms with van der Waals surface area (Å²) in [6.45, 7) is 5.54. The van der Waals surface area contributed by atoms with Gasteiger partial charge in [-0.15, -0.1) is 11.8 Å². The number of aliphatic hydroxyl groups excluding tert-OH is 1. The Morgan fingerprint density at radius 2 is 1.78 bits per heavy atom. The number of aryl methyl sites for hydroxylation is 2. The molecule has 3 saturated heterocycles. The summed E-state index contributed by atoms with van der Waals surface area (Å²) >= 11 is 5.38. The highest BCUT2D eigenvalue weighted by molar-refractivity contribution is 9.09. The van der Waals surface area contributed by atoms with Gasteiger partial charge in [0.05, 0.1) is 29.2 Å². The fourth-order valence-corrected chi connectivity index (χ4v) is 10.0. The van der Waals surface area contributed by atoms with Crippen molar-refractivity contribution in [2.45, 2.75) is 60.5 Å². The third-order valence-corrected chi connectivity index (χ3v) is 11.3. The van der Waals surface area contributed by atoms with E-state index in [4.69, 9.17) is 0 Å². The minimum atomic E-state index is -0.800. The van der Waals surface area contributed by atoms with E-state index >= 15 is 0 Å². The Morgan fingerprint density at radius 3 is 2.41 bits per heavy atom. The predicted molar refractivity (Wildman–Crippen MR) is 150 cm³/mol. The van der Waals surface area contributed by atoms with Crippen molar-refractivity contribution >= 4 is 56.8 Å². The number of hydrogen-bond acceptors (Lipinski definition) is 5. The molecule has 3 amide bonds. The zero-order valence-corrected chi connectivity index (χ0v) is 23.5. The van der Waals surface area contributed by atoms with Crippen LogP contribution in [0.15, 0.2) is 48.5 Å². The highest BCUT2D eigenvalue weighted by Gasteiger charge is 2.76. The molecule has 3 unspecified atom stereocenters.